The second-order valence-electron chi connectivity index (χ2n) is 5.67. The molecule has 1 aliphatic carbocycles. The minimum absolute atomic E-state index is 0.254. The summed E-state index contributed by atoms with van der Waals surface area (Å²) < 4.78 is 39.5. The van der Waals surface area contributed by atoms with Crippen LogP contribution in [0.2, 0.25) is 0 Å². The first kappa shape index (κ1) is 15.3. The zero-order chi connectivity index (χ0) is 14.8. The molecule has 0 aromatic carbocycles. The number of nitrogens with one attached hydrogen (secondary N) is 1. The van der Waals surface area contributed by atoms with Crippen molar-refractivity contribution < 1.29 is 13.2 Å². The van der Waals surface area contributed by atoms with Crippen molar-refractivity contribution in [2.24, 2.45) is 11.8 Å². The fourth-order valence-corrected chi connectivity index (χ4v) is 3.22. The van der Waals surface area contributed by atoms with Crippen LogP contribution in [0.15, 0.2) is 18.5 Å². The molecule has 0 bridgehead atoms. The third kappa shape index (κ3) is 3.32. The van der Waals surface area contributed by atoms with Crippen LogP contribution in [0.4, 0.5) is 13.2 Å². The molecule has 1 saturated carbocycles. The van der Waals surface area contributed by atoms with E-state index in [9.17, 15) is 13.2 Å². The van der Waals surface area contributed by atoms with Gasteiger partial charge in [0.1, 0.15) is 0 Å². The van der Waals surface area contributed by atoms with Crippen molar-refractivity contribution in [3.05, 3.63) is 29.6 Å². The zero-order valence-corrected chi connectivity index (χ0v) is 11.9. The van der Waals surface area contributed by atoms with Gasteiger partial charge in [-0.1, -0.05) is 20.3 Å². The summed E-state index contributed by atoms with van der Waals surface area (Å²) in [6.45, 7) is 4.74. The van der Waals surface area contributed by atoms with Gasteiger partial charge in [-0.15, -0.1) is 0 Å². The molecule has 0 saturated heterocycles. The van der Waals surface area contributed by atoms with E-state index >= 15 is 0 Å². The first-order valence-electron chi connectivity index (χ1n) is 7.18. The smallest absolute Gasteiger partial charge is 0.310 e. The topological polar surface area (TPSA) is 24.9 Å². The molecular weight excluding hydrogens is 265 g/mol. The summed E-state index contributed by atoms with van der Waals surface area (Å²) in [5.74, 6) is 0.849. The summed E-state index contributed by atoms with van der Waals surface area (Å²) in [6, 6.07) is 0.827. The molecule has 2 rings (SSSR count). The highest BCUT2D eigenvalue weighted by atomic mass is 19.4. The summed E-state index contributed by atoms with van der Waals surface area (Å²) >= 11 is 0. The van der Waals surface area contributed by atoms with E-state index in [4.69, 9.17) is 0 Å². The molecule has 1 aliphatic rings. The lowest BCUT2D eigenvalue weighted by Crippen LogP contribution is -2.29. The maximum absolute atomic E-state index is 13.2. The summed E-state index contributed by atoms with van der Waals surface area (Å²) in [6.07, 6.45) is 1.31. The van der Waals surface area contributed by atoms with Crippen LogP contribution in [0.1, 0.15) is 50.3 Å². The predicted molar refractivity (Wildman–Crippen MR) is 72.2 cm³/mol. The number of pyridine rings is 1. The van der Waals surface area contributed by atoms with E-state index in [1.807, 2.05) is 6.92 Å². The quantitative estimate of drug-likeness (QED) is 0.897. The van der Waals surface area contributed by atoms with Crippen molar-refractivity contribution in [3.8, 4) is 0 Å². The van der Waals surface area contributed by atoms with Crippen molar-refractivity contribution in [2.45, 2.75) is 45.3 Å². The van der Waals surface area contributed by atoms with E-state index in [1.165, 1.54) is 12.4 Å². The van der Waals surface area contributed by atoms with Gasteiger partial charge in [-0.2, -0.15) is 13.2 Å². The van der Waals surface area contributed by atoms with Gasteiger partial charge in [0.05, 0.1) is 5.56 Å². The van der Waals surface area contributed by atoms with E-state index < -0.39 is 11.7 Å². The third-order valence-corrected chi connectivity index (χ3v) is 4.12. The third-order valence-electron chi connectivity index (χ3n) is 4.12. The van der Waals surface area contributed by atoms with Gasteiger partial charge in [0, 0.05) is 18.4 Å². The van der Waals surface area contributed by atoms with Crippen LogP contribution in [0.5, 0.6) is 0 Å². The lowest BCUT2D eigenvalue weighted by Gasteiger charge is -2.27. The van der Waals surface area contributed by atoms with E-state index in [0.717, 1.165) is 25.3 Å². The molecule has 1 N–H and O–H groups in total. The van der Waals surface area contributed by atoms with E-state index in [-0.39, 0.29) is 12.0 Å². The van der Waals surface area contributed by atoms with Gasteiger partial charge in [-0.3, -0.25) is 4.98 Å². The molecule has 1 fully saturated rings. The van der Waals surface area contributed by atoms with Crippen LogP contribution < -0.4 is 5.32 Å². The first-order valence-corrected chi connectivity index (χ1v) is 7.18. The number of aromatic nitrogens is 1. The molecular formula is C15H21F3N2. The molecule has 1 heterocycles. The van der Waals surface area contributed by atoms with Crippen molar-refractivity contribution in [2.75, 3.05) is 6.54 Å². The van der Waals surface area contributed by atoms with Gasteiger partial charge in [0.25, 0.3) is 0 Å². The van der Waals surface area contributed by atoms with Crippen LogP contribution in [-0.2, 0) is 6.18 Å². The molecule has 0 spiro atoms. The molecule has 5 heteroatoms. The van der Waals surface area contributed by atoms with Crippen LogP contribution in [0.3, 0.4) is 0 Å². The highest BCUT2D eigenvalue weighted by Crippen LogP contribution is 2.42. The number of halogens is 3. The number of hydrogen-bond acceptors (Lipinski definition) is 2. The molecule has 2 nitrogen and oxygen atoms in total. The normalized spacial score (nSPS) is 24.9. The molecule has 0 radical (unpaired) electrons. The van der Waals surface area contributed by atoms with Gasteiger partial charge in [0.15, 0.2) is 0 Å². The molecule has 1 aromatic rings. The number of hydrogen-bond donors (Lipinski definition) is 1. The average molecular weight is 286 g/mol. The standard InChI is InChI=1S/C15H21F3N2/c1-3-20-14(11-5-4-10(2)8-11)12-9-19-7-6-13(12)15(16,17)18/h6-7,9-11,14,20H,3-5,8H2,1-2H3. The van der Waals surface area contributed by atoms with Crippen molar-refractivity contribution in [1.29, 1.82) is 0 Å². The van der Waals surface area contributed by atoms with Crippen molar-refractivity contribution in [3.63, 3.8) is 0 Å². The van der Waals surface area contributed by atoms with E-state index in [1.54, 1.807) is 0 Å². The monoisotopic (exact) mass is 286 g/mol. The molecule has 3 atom stereocenters. The second-order valence-corrected chi connectivity index (χ2v) is 5.67. The summed E-state index contributed by atoms with van der Waals surface area (Å²) in [4.78, 5) is 3.91. The maximum atomic E-state index is 13.2. The molecule has 20 heavy (non-hydrogen) atoms. The predicted octanol–water partition coefficient (Wildman–Crippen LogP) is 4.19. The molecule has 3 unspecified atom stereocenters. The second kappa shape index (κ2) is 6.12. The van der Waals surface area contributed by atoms with E-state index in [0.29, 0.717) is 18.0 Å². The Morgan fingerprint density at radius 3 is 2.70 bits per heavy atom. The Morgan fingerprint density at radius 2 is 2.15 bits per heavy atom. The average Bonchev–Trinajstić information content (AvgIpc) is 2.81. The minimum Gasteiger partial charge on any atom is -0.310 e. The number of nitrogens with zero attached hydrogens (tertiary/aromatic N) is 1. The number of alkyl halides is 3. The fourth-order valence-electron chi connectivity index (χ4n) is 3.22. The van der Waals surface area contributed by atoms with E-state index in [2.05, 4.69) is 17.2 Å². The van der Waals surface area contributed by atoms with Crippen LogP contribution in [0, 0.1) is 11.8 Å². The van der Waals surface area contributed by atoms with Crippen LogP contribution in [0.25, 0.3) is 0 Å². The lowest BCUT2D eigenvalue weighted by molar-refractivity contribution is -0.138. The Morgan fingerprint density at radius 1 is 1.40 bits per heavy atom. The largest absolute Gasteiger partial charge is 0.416 e. The fraction of sp³-hybridized carbons (Fsp3) is 0.667. The summed E-state index contributed by atoms with van der Waals surface area (Å²) in [5, 5.41) is 3.23. The Bertz CT molecular complexity index is 445. The molecule has 0 aliphatic heterocycles. The van der Waals surface area contributed by atoms with Crippen molar-refractivity contribution in [1.82, 2.24) is 10.3 Å². The van der Waals surface area contributed by atoms with Crippen LogP contribution in [-0.4, -0.2) is 11.5 Å². The summed E-state index contributed by atoms with van der Waals surface area (Å²) in [7, 11) is 0. The van der Waals surface area contributed by atoms with Crippen molar-refractivity contribution >= 4 is 0 Å². The maximum Gasteiger partial charge on any atom is 0.416 e. The first-order chi connectivity index (χ1) is 9.43. The number of rotatable bonds is 4. The van der Waals surface area contributed by atoms with Gasteiger partial charge < -0.3 is 5.32 Å². The van der Waals surface area contributed by atoms with Gasteiger partial charge in [0.2, 0.25) is 0 Å². The lowest BCUT2D eigenvalue weighted by atomic mass is 9.89. The Kier molecular flexibility index (Phi) is 4.68. The SMILES string of the molecule is CCNC(c1cnccc1C(F)(F)F)C1CCC(C)C1. The summed E-state index contributed by atoms with van der Waals surface area (Å²) in [5.41, 5.74) is -0.265. The minimum atomic E-state index is -4.32. The Hall–Kier alpha value is -1.10. The highest BCUT2D eigenvalue weighted by molar-refractivity contribution is 5.30. The molecule has 112 valence electrons. The zero-order valence-electron chi connectivity index (χ0n) is 11.9. The Balaban J connectivity index is 2.34. The van der Waals surface area contributed by atoms with Gasteiger partial charge in [-0.25, -0.2) is 0 Å². The van der Waals surface area contributed by atoms with Crippen LogP contribution >= 0.6 is 0 Å². The molecule has 0 amide bonds. The molecule has 1 aromatic heterocycles. The highest BCUT2D eigenvalue weighted by Gasteiger charge is 2.38. The van der Waals surface area contributed by atoms with Gasteiger partial charge >= 0.3 is 6.18 Å². The Labute approximate surface area is 117 Å². The van der Waals surface area contributed by atoms with Gasteiger partial charge in [-0.05, 0) is 42.9 Å².